The van der Waals surface area contributed by atoms with Crippen molar-refractivity contribution < 1.29 is 23.9 Å². The predicted molar refractivity (Wildman–Crippen MR) is 78.4 cm³/mol. The van der Waals surface area contributed by atoms with Gasteiger partial charge in [-0.3, -0.25) is 9.59 Å². The van der Waals surface area contributed by atoms with Gasteiger partial charge in [0.15, 0.2) is 5.76 Å². The number of carbonyl (C=O) groups is 3. The van der Waals surface area contributed by atoms with Gasteiger partial charge in [0.1, 0.15) is 23.2 Å². The number of thioether (sulfide) groups is 1. The highest BCUT2D eigenvalue weighted by atomic mass is 32.2. The molecule has 8 heteroatoms. The van der Waals surface area contributed by atoms with E-state index in [4.69, 9.17) is 4.42 Å². The molecule has 0 spiro atoms. The van der Waals surface area contributed by atoms with Crippen molar-refractivity contribution in [3.8, 4) is 0 Å². The van der Waals surface area contributed by atoms with E-state index < -0.39 is 28.7 Å². The lowest BCUT2D eigenvalue weighted by atomic mass is 9.96. The summed E-state index contributed by atoms with van der Waals surface area (Å²) in [4.78, 5) is 37.0. The molecule has 1 aromatic heterocycles. The molecule has 1 aromatic rings. The number of rotatable bonds is 3. The molecule has 0 aliphatic carbocycles. The summed E-state index contributed by atoms with van der Waals surface area (Å²) in [7, 11) is 0. The van der Waals surface area contributed by atoms with Gasteiger partial charge in [-0.05, 0) is 32.9 Å². The minimum Gasteiger partial charge on any atom is -0.480 e. The fourth-order valence-electron chi connectivity index (χ4n) is 2.91. The molecule has 0 radical (unpaired) electrons. The first-order valence-corrected chi connectivity index (χ1v) is 7.70. The quantitative estimate of drug-likeness (QED) is 0.799. The van der Waals surface area contributed by atoms with Gasteiger partial charge in [0.25, 0.3) is 5.91 Å². The molecule has 0 aromatic carbocycles. The highest BCUT2D eigenvalue weighted by molar-refractivity contribution is 8.01. The normalized spacial score (nSPS) is 29.0. The number of amides is 2. The number of carbonyl (C=O) groups excluding carboxylic acids is 2. The maximum Gasteiger partial charge on any atom is 0.327 e. The van der Waals surface area contributed by atoms with Gasteiger partial charge in [-0.15, -0.1) is 11.8 Å². The van der Waals surface area contributed by atoms with E-state index in [9.17, 15) is 19.5 Å². The Morgan fingerprint density at radius 2 is 2.09 bits per heavy atom. The first-order valence-electron chi connectivity index (χ1n) is 6.82. The van der Waals surface area contributed by atoms with E-state index in [1.54, 1.807) is 26.8 Å². The van der Waals surface area contributed by atoms with E-state index in [-0.39, 0.29) is 17.0 Å². The van der Waals surface area contributed by atoms with Gasteiger partial charge in [0.05, 0.1) is 0 Å². The van der Waals surface area contributed by atoms with Crippen LogP contribution < -0.4 is 5.32 Å². The molecule has 0 unspecified atom stereocenters. The van der Waals surface area contributed by atoms with Crippen LogP contribution in [0.5, 0.6) is 0 Å². The van der Waals surface area contributed by atoms with Gasteiger partial charge in [-0.1, -0.05) is 0 Å². The molecule has 118 valence electrons. The molecule has 2 amide bonds. The van der Waals surface area contributed by atoms with Crippen LogP contribution in [0.4, 0.5) is 0 Å². The molecule has 2 aliphatic heterocycles. The van der Waals surface area contributed by atoms with Gasteiger partial charge in [0, 0.05) is 4.75 Å². The van der Waals surface area contributed by atoms with Gasteiger partial charge in [0.2, 0.25) is 5.91 Å². The van der Waals surface area contributed by atoms with E-state index in [0.717, 1.165) is 0 Å². The maximum absolute atomic E-state index is 12.2. The lowest BCUT2D eigenvalue weighted by Gasteiger charge is -2.43. The van der Waals surface area contributed by atoms with Crippen molar-refractivity contribution >= 4 is 29.5 Å². The molecule has 0 saturated carbocycles. The zero-order chi connectivity index (χ0) is 16.2. The van der Waals surface area contributed by atoms with E-state index in [1.165, 1.54) is 22.7 Å². The fourth-order valence-corrected chi connectivity index (χ4v) is 4.54. The van der Waals surface area contributed by atoms with Crippen molar-refractivity contribution in [2.24, 2.45) is 0 Å². The lowest BCUT2D eigenvalue weighted by molar-refractivity contribution is -0.159. The fraction of sp³-hybridized carbons (Fsp3) is 0.500. The summed E-state index contributed by atoms with van der Waals surface area (Å²) < 4.78 is 4.62. The number of furan rings is 1. The standard InChI is InChI=1S/C14H16N2O5S/c1-6-4-5-7(21-6)10(17)15-8-11(18)16-9(13(19)20)14(2,3)22-12(8)16/h4-5,8-9,12H,1-3H3,(H,15,17)(H,19,20)/t8-,9+,12-/m0/s1. The first-order chi connectivity index (χ1) is 10.2. The Morgan fingerprint density at radius 1 is 1.41 bits per heavy atom. The Morgan fingerprint density at radius 3 is 2.64 bits per heavy atom. The summed E-state index contributed by atoms with van der Waals surface area (Å²) in [5.74, 6) is -1.12. The molecule has 7 nitrogen and oxygen atoms in total. The number of carboxylic acids is 1. The Balaban J connectivity index is 1.75. The number of carboxylic acid groups (broad SMARTS) is 1. The summed E-state index contributed by atoms with van der Waals surface area (Å²) in [5.41, 5.74) is 0. The molecule has 2 fully saturated rings. The number of nitrogens with zero attached hydrogens (tertiary/aromatic N) is 1. The van der Waals surface area contributed by atoms with Crippen LogP contribution in [-0.4, -0.2) is 50.0 Å². The summed E-state index contributed by atoms with van der Waals surface area (Å²) in [6, 6.07) is 1.61. The molecule has 22 heavy (non-hydrogen) atoms. The highest BCUT2D eigenvalue weighted by Crippen LogP contribution is 2.50. The minimum absolute atomic E-state index is 0.140. The third-order valence-corrected chi connectivity index (χ3v) is 5.50. The van der Waals surface area contributed by atoms with Gasteiger partial charge < -0.3 is 19.7 Å². The second kappa shape index (κ2) is 4.77. The Hall–Kier alpha value is -1.96. The number of aliphatic carboxylic acids is 1. The maximum atomic E-state index is 12.2. The van der Waals surface area contributed by atoms with Crippen molar-refractivity contribution in [3.63, 3.8) is 0 Å². The van der Waals surface area contributed by atoms with E-state index in [1.807, 2.05) is 0 Å². The number of fused-ring (bicyclic) bond motifs is 1. The lowest BCUT2D eigenvalue weighted by Crippen LogP contribution is -2.70. The van der Waals surface area contributed by atoms with Crippen LogP contribution >= 0.6 is 11.8 Å². The molecule has 2 N–H and O–H groups in total. The molecule has 0 bridgehead atoms. The summed E-state index contributed by atoms with van der Waals surface area (Å²) >= 11 is 1.39. The average Bonchev–Trinajstić information content (AvgIpc) is 2.95. The summed E-state index contributed by atoms with van der Waals surface area (Å²) in [5, 5.41) is 11.6. The predicted octanol–water partition coefficient (Wildman–Crippen LogP) is 0.833. The molecule has 2 saturated heterocycles. The smallest absolute Gasteiger partial charge is 0.327 e. The SMILES string of the molecule is Cc1ccc(C(=O)N[C@H]2C(=O)N3[C@H]2SC(C)(C)[C@H]3C(=O)O)o1. The largest absolute Gasteiger partial charge is 0.480 e. The Labute approximate surface area is 131 Å². The number of nitrogens with one attached hydrogen (secondary N) is 1. The van der Waals surface area contributed by atoms with E-state index in [0.29, 0.717) is 5.76 Å². The molecule has 3 rings (SSSR count). The minimum atomic E-state index is -1.03. The van der Waals surface area contributed by atoms with Crippen LogP contribution in [0.25, 0.3) is 0 Å². The molecule has 3 heterocycles. The average molecular weight is 324 g/mol. The third kappa shape index (κ3) is 2.09. The third-order valence-electron chi connectivity index (χ3n) is 3.93. The molecular formula is C14H16N2O5S. The van der Waals surface area contributed by atoms with E-state index >= 15 is 0 Å². The van der Waals surface area contributed by atoms with Gasteiger partial charge in [-0.25, -0.2) is 4.79 Å². The topological polar surface area (TPSA) is 99.9 Å². The van der Waals surface area contributed by atoms with Crippen molar-refractivity contribution in [2.75, 3.05) is 0 Å². The number of hydrogen-bond donors (Lipinski definition) is 2. The Kier molecular flexibility index (Phi) is 3.24. The second-order valence-electron chi connectivity index (χ2n) is 5.96. The Bertz CT molecular complexity index is 668. The first kappa shape index (κ1) is 15.0. The molecular weight excluding hydrogens is 308 g/mol. The van der Waals surface area contributed by atoms with Crippen LogP contribution in [0.2, 0.25) is 0 Å². The number of hydrogen-bond acceptors (Lipinski definition) is 5. The molecule has 2 aliphatic rings. The van der Waals surface area contributed by atoms with Crippen molar-refractivity contribution in [1.29, 1.82) is 0 Å². The second-order valence-corrected chi connectivity index (χ2v) is 7.73. The zero-order valence-corrected chi connectivity index (χ0v) is 13.1. The van der Waals surface area contributed by atoms with Crippen LogP contribution in [0.3, 0.4) is 0 Å². The molecule has 3 atom stereocenters. The monoisotopic (exact) mass is 324 g/mol. The van der Waals surface area contributed by atoms with Crippen molar-refractivity contribution in [2.45, 2.75) is 43.0 Å². The summed E-state index contributed by atoms with van der Waals surface area (Å²) in [6.07, 6.45) is 0. The van der Waals surface area contributed by atoms with Gasteiger partial charge >= 0.3 is 5.97 Å². The number of β-lactam (4-membered cyclic amide) rings is 1. The van der Waals surface area contributed by atoms with Crippen LogP contribution in [0.1, 0.15) is 30.2 Å². The van der Waals surface area contributed by atoms with E-state index in [2.05, 4.69) is 5.32 Å². The summed E-state index contributed by atoms with van der Waals surface area (Å²) in [6.45, 7) is 5.30. The van der Waals surface area contributed by atoms with Crippen molar-refractivity contribution in [3.05, 3.63) is 23.7 Å². The van der Waals surface area contributed by atoms with Crippen LogP contribution in [0.15, 0.2) is 16.5 Å². The number of aryl methyl sites for hydroxylation is 1. The highest BCUT2D eigenvalue weighted by Gasteiger charge is 2.64. The van der Waals surface area contributed by atoms with Crippen LogP contribution in [0, 0.1) is 6.92 Å². The van der Waals surface area contributed by atoms with Gasteiger partial charge in [-0.2, -0.15) is 0 Å². The van der Waals surface area contributed by atoms with Crippen molar-refractivity contribution in [1.82, 2.24) is 10.2 Å². The zero-order valence-electron chi connectivity index (χ0n) is 12.3. The van der Waals surface area contributed by atoms with Crippen LogP contribution in [-0.2, 0) is 9.59 Å².